The maximum absolute atomic E-state index is 11.3. The summed E-state index contributed by atoms with van der Waals surface area (Å²) in [5, 5.41) is 13.7. The van der Waals surface area contributed by atoms with E-state index in [1.54, 1.807) is 6.92 Å². The van der Waals surface area contributed by atoms with Crippen molar-refractivity contribution in [2.45, 2.75) is 19.4 Å². The molecule has 0 saturated carbocycles. The van der Waals surface area contributed by atoms with Crippen LogP contribution in [-0.4, -0.2) is 76.6 Å². The highest BCUT2D eigenvalue weighted by Gasteiger charge is 2.07. The minimum atomic E-state index is -0.533. The standard InChI is InChI=1S/C13H26N2O7/c1-11(3-6-16)22-13(18)15-5-8-21-10-9-20-7-4-14-12(17)19-2/h11,16H,3-10H2,1-2H3,(H,14,17)(H,15,18). The Kier molecular flexibility index (Phi) is 13.3. The average molecular weight is 322 g/mol. The van der Waals surface area contributed by atoms with E-state index in [0.29, 0.717) is 45.9 Å². The second-order valence-electron chi connectivity index (χ2n) is 4.30. The molecule has 9 heteroatoms. The number of nitrogens with one attached hydrogen (secondary N) is 2. The molecule has 3 N–H and O–H groups in total. The van der Waals surface area contributed by atoms with Crippen molar-refractivity contribution in [2.24, 2.45) is 0 Å². The van der Waals surface area contributed by atoms with Gasteiger partial charge in [0.25, 0.3) is 0 Å². The molecule has 9 nitrogen and oxygen atoms in total. The summed E-state index contributed by atoms with van der Waals surface area (Å²) >= 11 is 0. The second kappa shape index (κ2) is 14.4. The monoisotopic (exact) mass is 322 g/mol. The molecule has 0 bridgehead atoms. The molecular formula is C13H26N2O7. The number of aliphatic hydroxyl groups excluding tert-OH is 1. The largest absolute Gasteiger partial charge is 0.453 e. The van der Waals surface area contributed by atoms with Gasteiger partial charge >= 0.3 is 12.2 Å². The first-order chi connectivity index (χ1) is 10.6. The Morgan fingerprint density at radius 2 is 1.55 bits per heavy atom. The number of rotatable bonds is 12. The van der Waals surface area contributed by atoms with Crippen molar-refractivity contribution in [3.8, 4) is 0 Å². The highest BCUT2D eigenvalue weighted by molar-refractivity contribution is 5.67. The van der Waals surface area contributed by atoms with Crippen LogP contribution in [0.5, 0.6) is 0 Å². The minimum Gasteiger partial charge on any atom is -0.453 e. The van der Waals surface area contributed by atoms with Gasteiger partial charge in [-0.25, -0.2) is 9.59 Å². The van der Waals surface area contributed by atoms with Gasteiger partial charge in [0.05, 0.1) is 33.5 Å². The van der Waals surface area contributed by atoms with Crippen LogP contribution in [0, 0.1) is 0 Å². The van der Waals surface area contributed by atoms with Crippen molar-refractivity contribution in [1.29, 1.82) is 0 Å². The summed E-state index contributed by atoms with van der Waals surface area (Å²) in [5.41, 5.74) is 0. The zero-order valence-electron chi connectivity index (χ0n) is 13.1. The van der Waals surface area contributed by atoms with E-state index in [0.717, 1.165) is 0 Å². The number of hydrogen-bond acceptors (Lipinski definition) is 7. The summed E-state index contributed by atoms with van der Waals surface area (Å²) < 4.78 is 19.8. The van der Waals surface area contributed by atoms with Crippen molar-refractivity contribution in [3.05, 3.63) is 0 Å². The molecule has 2 amide bonds. The third-order valence-electron chi connectivity index (χ3n) is 2.43. The van der Waals surface area contributed by atoms with Crippen LogP contribution in [0.1, 0.15) is 13.3 Å². The van der Waals surface area contributed by atoms with Crippen LogP contribution in [0.15, 0.2) is 0 Å². The normalized spacial score (nSPS) is 11.6. The van der Waals surface area contributed by atoms with Gasteiger partial charge in [-0.3, -0.25) is 0 Å². The molecule has 1 atom stereocenters. The number of carbonyl (C=O) groups is 2. The molecule has 0 aliphatic carbocycles. The van der Waals surface area contributed by atoms with E-state index in [2.05, 4.69) is 15.4 Å². The lowest BCUT2D eigenvalue weighted by atomic mass is 10.3. The number of methoxy groups -OCH3 is 1. The van der Waals surface area contributed by atoms with Crippen molar-refractivity contribution in [3.63, 3.8) is 0 Å². The number of amides is 2. The van der Waals surface area contributed by atoms with E-state index in [-0.39, 0.29) is 12.7 Å². The molecule has 0 aliphatic heterocycles. The molecule has 0 aromatic rings. The van der Waals surface area contributed by atoms with E-state index in [4.69, 9.17) is 19.3 Å². The van der Waals surface area contributed by atoms with Gasteiger partial charge in [-0.05, 0) is 6.92 Å². The lowest BCUT2D eigenvalue weighted by Gasteiger charge is -2.12. The molecule has 1 unspecified atom stereocenters. The van der Waals surface area contributed by atoms with Gasteiger partial charge in [-0.2, -0.15) is 0 Å². The van der Waals surface area contributed by atoms with E-state index >= 15 is 0 Å². The smallest absolute Gasteiger partial charge is 0.407 e. The zero-order valence-corrected chi connectivity index (χ0v) is 13.1. The van der Waals surface area contributed by atoms with Crippen molar-refractivity contribution < 1.29 is 33.6 Å². The van der Waals surface area contributed by atoms with Crippen LogP contribution in [-0.2, 0) is 18.9 Å². The van der Waals surface area contributed by atoms with Gasteiger partial charge < -0.3 is 34.7 Å². The Hall–Kier alpha value is -1.58. The molecule has 0 spiro atoms. The Labute approximate surface area is 130 Å². The topological polar surface area (TPSA) is 115 Å². The highest BCUT2D eigenvalue weighted by atomic mass is 16.6. The summed E-state index contributed by atoms with van der Waals surface area (Å²) in [6, 6.07) is 0. The van der Waals surface area contributed by atoms with Gasteiger partial charge in [0.15, 0.2) is 0 Å². The quantitative estimate of drug-likeness (QED) is 0.429. The van der Waals surface area contributed by atoms with Crippen LogP contribution in [0.2, 0.25) is 0 Å². The highest BCUT2D eigenvalue weighted by Crippen LogP contribution is 1.95. The SMILES string of the molecule is COC(=O)NCCOCCOCCNC(=O)OC(C)CCO. The van der Waals surface area contributed by atoms with Crippen molar-refractivity contribution in [2.75, 3.05) is 53.2 Å². The maximum Gasteiger partial charge on any atom is 0.407 e. The lowest BCUT2D eigenvalue weighted by molar-refractivity contribution is 0.0476. The molecule has 22 heavy (non-hydrogen) atoms. The van der Waals surface area contributed by atoms with Gasteiger partial charge in [-0.1, -0.05) is 0 Å². The summed E-state index contributed by atoms with van der Waals surface area (Å²) in [6.45, 7) is 3.86. The first kappa shape index (κ1) is 20.4. The van der Waals surface area contributed by atoms with Gasteiger partial charge in [-0.15, -0.1) is 0 Å². The van der Waals surface area contributed by atoms with Gasteiger partial charge in [0, 0.05) is 26.1 Å². The van der Waals surface area contributed by atoms with E-state index < -0.39 is 12.2 Å². The summed E-state index contributed by atoms with van der Waals surface area (Å²) in [7, 11) is 1.29. The van der Waals surface area contributed by atoms with Gasteiger partial charge in [0.2, 0.25) is 0 Å². The number of carbonyl (C=O) groups excluding carboxylic acids is 2. The fraction of sp³-hybridized carbons (Fsp3) is 0.846. The number of aliphatic hydroxyl groups is 1. The molecular weight excluding hydrogens is 296 g/mol. The fourth-order valence-corrected chi connectivity index (χ4v) is 1.31. The second-order valence-corrected chi connectivity index (χ2v) is 4.30. The van der Waals surface area contributed by atoms with Crippen LogP contribution < -0.4 is 10.6 Å². The molecule has 130 valence electrons. The summed E-state index contributed by atoms with van der Waals surface area (Å²) in [5.74, 6) is 0. The molecule has 0 aromatic heterocycles. The predicted octanol–water partition coefficient (Wildman–Crippen LogP) is -0.127. The summed E-state index contributed by atoms with van der Waals surface area (Å²) in [6.07, 6.45) is -0.940. The molecule has 0 saturated heterocycles. The molecule has 0 fully saturated rings. The molecule has 0 radical (unpaired) electrons. The predicted molar refractivity (Wildman–Crippen MR) is 77.7 cm³/mol. The van der Waals surface area contributed by atoms with Crippen LogP contribution in [0.25, 0.3) is 0 Å². The van der Waals surface area contributed by atoms with Crippen molar-refractivity contribution in [1.82, 2.24) is 10.6 Å². The first-order valence-electron chi connectivity index (χ1n) is 7.12. The molecule has 0 heterocycles. The van der Waals surface area contributed by atoms with Crippen LogP contribution >= 0.6 is 0 Å². The number of hydrogen-bond donors (Lipinski definition) is 3. The van der Waals surface area contributed by atoms with Crippen molar-refractivity contribution >= 4 is 12.2 Å². The Morgan fingerprint density at radius 3 is 2.05 bits per heavy atom. The lowest BCUT2D eigenvalue weighted by Crippen LogP contribution is -2.31. The van der Waals surface area contributed by atoms with E-state index in [1.807, 2.05) is 0 Å². The third kappa shape index (κ3) is 13.4. The Balaban J connectivity index is 3.26. The number of alkyl carbamates (subject to hydrolysis) is 2. The Morgan fingerprint density at radius 1 is 1.00 bits per heavy atom. The van der Waals surface area contributed by atoms with E-state index in [1.165, 1.54) is 7.11 Å². The minimum absolute atomic E-state index is 0.0211. The average Bonchev–Trinajstić information content (AvgIpc) is 2.48. The number of ether oxygens (including phenoxy) is 4. The van der Waals surface area contributed by atoms with Crippen LogP contribution in [0.3, 0.4) is 0 Å². The molecule has 0 rings (SSSR count). The molecule has 0 aromatic carbocycles. The zero-order chi connectivity index (χ0) is 16.6. The molecule has 0 aliphatic rings. The van der Waals surface area contributed by atoms with E-state index in [9.17, 15) is 9.59 Å². The summed E-state index contributed by atoms with van der Waals surface area (Å²) in [4.78, 5) is 22.0. The third-order valence-corrected chi connectivity index (χ3v) is 2.43. The first-order valence-corrected chi connectivity index (χ1v) is 7.12. The Bertz CT molecular complexity index is 302. The van der Waals surface area contributed by atoms with Gasteiger partial charge in [0.1, 0.15) is 6.10 Å². The van der Waals surface area contributed by atoms with Crippen LogP contribution in [0.4, 0.5) is 9.59 Å². The fourth-order valence-electron chi connectivity index (χ4n) is 1.31. The maximum atomic E-state index is 11.3.